The molecule has 0 radical (unpaired) electrons. The van der Waals surface area contributed by atoms with Gasteiger partial charge in [0.05, 0.1) is 6.61 Å². The number of ether oxygens (including phenoxy) is 2. The van der Waals surface area contributed by atoms with Gasteiger partial charge in [0.1, 0.15) is 0 Å². The highest BCUT2D eigenvalue weighted by molar-refractivity contribution is 5.87. The van der Waals surface area contributed by atoms with E-state index >= 15 is 0 Å². The molecule has 0 aromatic heterocycles. The van der Waals surface area contributed by atoms with Crippen LogP contribution in [0.5, 0.6) is 0 Å². The summed E-state index contributed by atoms with van der Waals surface area (Å²) in [5.41, 5.74) is -0.585. The maximum Gasteiger partial charge on any atom is 0.375 e. The summed E-state index contributed by atoms with van der Waals surface area (Å²) in [6, 6.07) is 0. The molecule has 0 aromatic carbocycles. The van der Waals surface area contributed by atoms with E-state index in [1.54, 1.807) is 26.8 Å². The van der Waals surface area contributed by atoms with E-state index in [0.717, 1.165) is 0 Å². The molecule has 0 amide bonds. The van der Waals surface area contributed by atoms with Crippen LogP contribution < -0.4 is 0 Å². The second kappa shape index (κ2) is 3.38. The van der Waals surface area contributed by atoms with Gasteiger partial charge in [-0.3, -0.25) is 0 Å². The SMILES string of the molecule is CCOC1=CC(C)(C)C(O)OC1=O. The van der Waals surface area contributed by atoms with Gasteiger partial charge >= 0.3 is 5.97 Å². The van der Waals surface area contributed by atoms with Gasteiger partial charge in [0, 0.05) is 5.41 Å². The number of cyclic esters (lactones) is 1. The molecule has 0 saturated carbocycles. The van der Waals surface area contributed by atoms with E-state index in [1.165, 1.54) is 0 Å². The van der Waals surface area contributed by atoms with Crippen molar-refractivity contribution < 1.29 is 19.4 Å². The molecule has 74 valence electrons. The van der Waals surface area contributed by atoms with Crippen LogP contribution in [0.2, 0.25) is 0 Å². The molecule has 1 aliphatic rings. The molecule has 0 aromatic rings. The maximum atomic E-state index is 11.1. The molecule has 0 spiro atoms. The first-order valence-electron chi connectivity index (χ1n) is 4.22. The van der Waals surface area contributed by atoms with Crippen LogP contribution in [-0.4, -0.2) is 24.0 Å². The number of carbonyl (C=O) groups is 1. The summed E-state index contributed by atoms with van der Waals surface area (Å²) in [6.07, 6.45) is 0.497. The Hall–Kier alpha value is -1.03. The molecule has 0 aliphatic carbocycles. The van der Waals surface area contributed by atoms with E-state index in [1.807, 2.05) is 0 Å². The topological polar surface area (TPSA) is 55.8 Å². The lowest BCUT2D eigenvalue weighted by Gasteiger charge is -2.31. The number of hydrogen-bond donors (Lipinski definition) is 1. The fourth-order valence-corrected chi connectivity index (χ4v) is 1.04. The van der Waals surface area contributed by atoms with E-state index in [4.69, 9.17) is 4.74 Å². The molecular weight excluding hydrogens is 172 g/mol. The second-order valence-electron chi connectivity index (χ2n) is 3.52. The van der Waals surface area contributed by atoms with Crippen LogP contribution >= 0.6 is 0 Å². The summed E-state index contributed by atoms with van der Waals surface area (Å²) in [5.74, 6) is -0.425. The summed E-state index contributed by atoms with van der Waals surface area (Å²) in [6.45, 7) is 5.73. The van der Waals surface area contributed by atoms with E-state index in [-0.39, 0.29) is 5.76 Å². The molecule has 13 heavy (non-hydrogen) atoms. The third-order valence-electron chi connectivity index (χ3n) is 1.86. The summed E-state index contributed by atoms with van der Waals surface area (Å²) < 4.78 is 9.74. The number of esters is 1. The zero-order chi connectivity index (χ0) is 10.1. The Kier molecular flexibility index (Phi) is 2.61. The van der Waals surface area contributed by atoms with Crippen molar-refractivity contribution in [3.8, 4) is 0 Å². The second-order valence-corrected chi connectivity index (χ2v) is 3.52. The van der Waals surface area contributed by atoms with Crippen molar-refractivity contribution in [3.05, 3.63) is 11.8 Å². The van der Waals surface area contributed by atoms with Crippen molar-refractivity contribution in [1.29, 1.82) is 0 Å². The van der Waals surface area contributed by atoms with Gasteiger partial charge < -0.3 is 14.6 Å². The van der Waals surface area contributed by atoms with Gasteiger partial charge in [-0.2, -0.15) is 0 Å². The molecule has 1 heterocycles. The van der Waals surface area contributed by atoms with Gasteiger partial charge in [0.25, 0.3) is 0 Å². The molecule has 1 aliphatic heterocycles. The molecule has 0 fully saturated rings. The Morgan fingerprint density at radius 1 is 1.69 bits per heavy atom. The number of carbonyl (C=O) groups excluding carboxylic acids is 1. The Morgan fingerprint density at radius 3 is 2.85 bits per heavy atom. The number of aliphatic hydroxyl groups excluding tert-OH is 1. The zero-order valence-electron chi connectivity index (χ0n) is 8.03. The van der Waals surface area contributed by atoms with Crippen molar-refractivity contribution in [1.82, 2.24) is 0 Å². The highest BCUT2D eigenvalue weighted by atomic mass is 16.7. The van der Waals surface area contributed by atoms with Crippen LogP contribution in [0, 0.1) is 5.41 Å². The third-order valence-corrected chi connectivity index (χ3v) is 1.86. The highest BCUT2D eigenvalue weighted by Gasteiger charge is 2.36. The van der Waals surface area contributed by atoms with Crippen LogP contribution in [-0.2, 0) is 14.3 Å². The zero-order valence-corrected chi connectivity index (χ0v) is 8.03. The van der Waals surface area contributed by atoms with Crippen molar-refractivity contribution in [2.75, 3.05) is 6.61 Å². The van der Waals surface area contributed by atoms with Gasteiger partial charge in [0.2, 0.25) is 12.0 Å². The highest BCUT2D eigenvalue weighted by Crippen LogP contribution is 2.30. The molecule has 1 rings (SSSR count). The first-order valence-corrected chi connectivity index (χ1v) is 4.22. The van der Waals surface area contributed by atoms with Crippen molar-refractivity contribution in [2.45, 2.75) is 27.1 Å². The lowest BCUT2D eigenvalue weighted by atomic mass is 9.90. The van der Waals surface area contributed by atoms with Crippen molar-refractivity contribution >= 4 is 5.97 Å². The van der Waals surface area contributed by atoms with Gasteiger partial charge in [0.15, 0.2) is 0 Å². The Bertz CT molecular complexity index is 242. The molecule has 0 bridgehead atoms. The number of aliphatic hydroxyl groups is 1. The fraction of sp³-hybridized carbons (Fsp3) is 0.667. The minimum Gasteiger partial charge on any atom is -0.487 e. The normalized spacial score (nSPS) is 26.3. The van der Waals surface area contributed by atoms with Crippen LogP contribution in [0.3, 0.4) is 0 Å². The molecule has 0 saturated heterocycles. The van der Waals surface area contributed by atoms with E-state index in [9.17, 15) is 9.90 Å². The van der Waals surface area contributed by atoms with Gasteiger partial charge in [-0.05, 0) is 13.0 Å². The molecule has 1 N–H and O–H groups in total. The summed E-state index contributed by atoms with van der Waals surface area (Å²) >= 11 is 0. The predicted molar refractivity (Wildman–Crippen MR) is 45.6 cm³/mol. The summed E-state index contributed by atoms with van der Waals surface area (Å²) in [4.78, 5) is 11.1. The first kappa shape index (κ1) is 10.1. The van der Waals surface area contributed by atoms with Crippen molar-refractivity contribution in [2.24, 2.45) is 5.41 Å². The minimum atomic E-state index is -1.09. The molecule has 1 unspecified atom stereocenters. The average molecular weight is 186 g/mol. The quantitative estimate of drug-likeness (QED) is 0.648. The molecular formula is C9H14O4. The largest absolute Gasteiger partial charge is 0.487 e. The lowest BCUT2D eigenvalue weighted by Crippen LogP contribution is -2.38. The molecule has 1 atom stereocenters. The molecule has 4 nitrogen and oxygen atoms in total. The van der Waals surface area contributed by atoms with Gasteiger partial charge in [-0.15, -0.1) is 0 Å². The Labute approximate surface area is 77.1 Å². The molecule has 4 heteroatoms. The van der Waals surface area contributed by atoms with Gasteiger partial charge in [-0.25, -0.2) is 4.79 Å². The smallest absolute Gasteiger partial charge is 0.375 e. The van der Waals surface area contributed by atoms with Crippen molar-refractivity contribution in [3.63, 3.8) is 0 Å². The van der Waals surface area contributed by atoms with Crippen LogP contribution in [0.4, 0.5) is 0 Å². The number of hydrogen-bond acceptors (Lipinski definition) is 4. The Morgan fingerprint density at radius 2 is 2.31 bits per heavy atom. The van der Waals surface area contributed by atoms with Gasteiger partial charge in [-0.1, -0.05) is 13.8 Å². The standard InChI is InChI=1S/C9H14O4/c1-4-12-6-5-9(2,3)8(11)13-7(6)10/h5,8,11H,4H2,1-3H3. The van der Waals surface area contributed by atoms with Crippen LogP contribution in [0.1, 0.15) is 20.8 Å². The Balaban J connectivity index is 2.88. The fourth-order valence-electron chi connectivity index (χ4n) is 1.04. The number of rotatable bonds is 2. The summed E-state index contributed by atoms with van der Waals surface area (Å²) in [7, 11) is 0. The third kappa shape index (κ3) is 2.01. The van der Waals surface area contributed by atoms with E-state index in [0.29, 0.717) is 6.61 Å². The lowest BCUT2D eigenvalue weighted by molar-refractivity contribution is -0.187. The first-order chi connectivity index (χ1) is 5.97. The maximum absolute atomic E-state index is 11.1. The summed E-state index contributed by atoms with van der Waals surface area (Å²) in [5, 5.41) is 9.35. The average Bonchev–Trinajstić information content (AvgIpc) is 2.00. The van der Waals surface area contributed by atoms with E-state index < -0.39 is 17.7 Å². The minimum absolute atomic E-state index is 0.179. The van der Waals surface area contributed by atoms with Crippen LogP contribution in [0.15, 0.2) is 11.8 Å². The van der Waals surface area contributed by atoms with Crippen LogP contribution in [0.25, 0.3) is 0 Å². The van der Waals surface area contributed by atoms with E-state index in [2.05, 4.69) is 4.74 Å². The monoisotopic (exact) mass is 186 g/mol. The predicted octanol–water partition coefficient (Wildman–Crippen LogP) is 0.808.